The van der Waals surface area contributed by atoms with Crippen LogP contribution in [-0.4, -0.2) is 24.3 Å². The lowest BCUT2D eigenvalue weighted by molar-refractivity contribution is -0.115. The van der Waals surface area contributed by atoms with Gasteiger partial charge in [-0.15, -0.1) is 0 Å². The van der Waals surface area contributed by atoms with Crippen LogP contribution >= 0.6 is 0 Å². The predicted octanol–water partition coefficient (Wildman–Crippen LogP) is 3.36. The summed E-state index contributed by atoms with van der Waals surface area (Å²) in [5, 5.41) is 11.0. The summed E-state index contributed by atoms with van der Waals surface area (Å²) < 4.78 is 5.15. The second kappa shape index (κ2) is 9.74. The summed E-state index contributed by atoms with van der Waals surface area (Å²) in [4.78, 5) is 35.2. The third kappa shape index (κ3) is 5.87. The van der Waals surface area contributed by atoms with Crippen molar-refractivity contribution in [1.29, 1.82) is 5.26 Å². The van der Waals surface area contributed by atoms with Crippen molar-refractivity contribution < 1.29 is 19.1 Å². The standard InChI is InChI=1S/C20H18N2O4/c21-13-12-19(24)22-17-10-8-16(9-11-17)20(25)26-14-4-7-18(23)15-5-2-1-3-6-15/h1-3,5-6,8-11H,4,7,12,14H2,(H,22,24). The van der Waals surface area contributed by atoms with E-state index in [9.17, 15) is 14.4 Å². The monoisotopic (exact) mass is 350 g/mol. The molecule has 0 aromatic heterocycles. The molecule has 0 heterocycles. The summed E-state index contributed by atoms with van der Waals surface area (Å²) >= 11 is 0. The topological polar surface area (TPSA) is 96.3 Å². The van der Waals surface area contributed by atoms with E-state index >= 15 is 0 Å². The van der Waals surface area contributed by atoms with E-state index in [-0.39, 0.29) is 18.8 Å². The molecule has 2 aromatic carbocycles. The zero-order chi connectivity index (χ0) is 18.8. The summed E-state index contributed by atoms with van der Waals surface area (Å²) in [6.45, 7) is 0.151. The molecule has 1 N–H and O–H groups in total. The molecule has 0 unspecified atom stereocenters. The van der Waals surface area contributed by atoms with Gasteiger partial charge in [0, 0.05) is 17.7 Å². The first-order valence-corrected chi connectivity index (χ1v) is 8.12. The van der Waals surface area contributed by atoms with E-state index in [2.05, 4.69) is 5.32 Å². The molecule has 0 aliphatic heterocycles. The van der Waals surface area contributed by atoms with E-state index in [1.54, 1.807) is 42.5 Å². The third-order valence-electron chi connectivity index (χ3n) is 3.52. The van der Waals surface area contributed by atoms with Crippen molar-refractivity contribution in [2.24, 2.45) is 0 Å². The van der Waals surface area contributed by atoms with Crippen LogP contribution in [0.4, 0.5) is 5.69 Å². The van der Waals surface area contributed by atoms with Gasteiger partial charge in [0.15, 0.2) is 5.78 Å². The lowest BCUT2D eigenvalue weighted by Crippen LogP contribution is -2.11. The Labute approximate surface area is 151 Å². The summed E-state index contributed by atoms with van der Waals surface area (Å²) in [6.07, 6.45) is 0.522. The smallest absolute Gasteiger partial charge is 0.338 e. The molecule has 6 heteroatoms. The summed E-state index contributed by atoms with van der Waals surface area (Å²) in [5.41, 5.74) is 1.49. The van der Waals surface area contributed by atoms with E-state index in [0.29, 0.717) is 29.7 Å². The highest BCUT2D eigenvalue weighted by atomic mass is 16.5. The summed E-state index contributed by atoms with van der Waals surface area (Å²) in [7, 11) is 0. The Kier molecular flexibility index (Phi) is 7.07. The van der Waals surface area contributed by atoms with Crippen LogP contribution in [-0.2, 0) is 9.53 Å². The number of benzene rings is 2. The highest BCUT2D eigenvalue weighted by molar-refractivity contribution is 5.96. The van der Waals surface area contributed by atoms with Gasteiger partial charge < -0.3 is 10.1 Å². The van der Waals surface area contributed by atoms with E-state index in [4.69, 9.17) is 10.00 Å². The number of carbonyl (C=O) groups is 3. The molecule has 6 nitrogen and oxygen atoms in total. The second-order valence-electron chi connectivity index (χ2n) is 5.49. The molecular formula is C20H18N2O4. The first-order chi connectivity index (χ1) is 12.6. The van der Waals surface area contributed by atoms with Crippen LogP contribution in [0.15, 0.2) is 54.6 Å². The Morgan fingerprint density at radius 3 is 2.31 bits per heavy atom. The molecular weight excluding hydrogens is 332 g/mol. The van der Waals surface area contributed by atoms with Gasteiger partial charge in [-0.25, -0.2) is 4.79 Å². The van der Waals surface area contributed by atoms with E-state index in [1.165, 1.54) is 12.1 Å². The van der Waals surface area contributed by atoms with Crippen molar-refractivity contribution in [2.45, 2.75) is 19.3 Å². The maximum atomic E-state index is 12.0. The minimum absolute atomic E-state index is 0.0131. The Morgan fingerprint density at radius 2 is 1.65 bits per heavy atom. The van der Waals surface area contributed by atoms with Crippen molar-refractivity contribution in [1.82, 2.24) is 0 Å². The summed E-state index contributed by atoms with van der Waals surface area (Å²) in [5.74, 6) is -0.892. The highest BCUT2D eigenvalue weighted by Crippen LogP contribution is 2.11. The zero-order valence-corrected chi connectivity index (χ0v) is 14.1. The second-order valence-corrected chi connectivity index (χ2v) is 5.49. The maximum Gasteiger partial charge on any atom is 0.338 e. The van der Waals surface area contributed by atoms with E-state index in [1.807, 2.05) is 6.07 Å². The lowest BCUT2D eigenvalue weighted by atomic mass is 10.1. The molecule has 0 radical (unpaired) electrons. The van der Waals surface area contributed by atoms with Gasteiger partial charge in [0.05, 0.1) is 18.2 Å². The number of nitrogens with one attached hydrogen (secondary N) is 1. The number of hydrogen-bond acceptors (Lipinski definition) is 5. The van der Waals surface area contributed by atoms with Gasteiger partial charge in [-0.3, -0.25) is 9.59 Å². The van der Waals surface area contributed by atoms with Crippen LogP contribution in [0.1, 0.15) is 40.0 Å². The van der Waals surface area contributed by atoms with Gasteiger partial charge in [0.25, 0.3) is 0 Å². The quantitative estimate of drug-likeness (QED) is 0.447. The van der Waals surface area contributed by atoms with E-state index in [0.717, 1.165) is 0 Å². The van der Waals surface area contributed by atoms with Crippen LogP contribution in [0, 0.1) is 11.3 Å². The number of hydrogen-bond donors (Lipinski definition) is 1. The molecule has 0 spiro atoms. The SMILES string of the molecule is N#CCC(=O)Nc1ccc(C(=O)OCCCC(=O)c2ccccc2)cc1. The minimum Gasteiger partial charge on any atom is -0.462 e. The van der Waals surface area contributed by atoms with Gasteiger partial charge in [0.2, 0.25) is 5.91 Å². The van der Waals surface area contributed by atoms with Gasteiger partial charge in [0.1, 0.15) is 6.42 Å². The molecule has 26 heavy (non-hydrogen) atoms. The van der Waals surface area contributed by atoms with E-state index < -0.39 is 11.9 Å². The number of nitriles is 1. The maximum absolute atomic E-state index is 12.0. The molecule has 0 atom stereocenters. The average molecular weight is 350 g/mol. The fourth-order valence-corrected chi connectivity index (χ4v) is 2.22. The molecule has 1 amide bonds. The first-order valence-electron chi connectivity index (χ1n) is 8.12. The normalized spacial score (nSPS) is 9.81. The molecule has 0 aliphatic carbocycles. The average Bonchev–Trinajstić information content (AvgIpc) is 2.66. The Morgan fingerprint density at radius 1 is 0.962 bits per heavy atom. The molecule has 0 bridgehead atoms. The van der Waals surface area contributed by atoms with Crippen LogP contribution in [0.2, 0.25) is 0 Å². The van der Waals surface area contributed by atoms with Crippen LogP contribution in [0.3, 0.4) is 0 Å². The van der Waals surface area contributed by atoms with Crippen LogP contribution < -0.4 is 5.32 Å². The first kappa shape index (κ1) is 18.9. The van der Waals surface area contributed by atoms with Crippen molar-refractivity contribution in [3.63, 3.8) is 0 Å². The van der Waals surface area contributed by atoms with Crippen molar-refractivity contribution in [2.75, 3.05) is 11.9 Å². The van der Waals surface area contributed by atoms with Crippen molar-refractivity contribution >= 4 is 23.3 Å². The number of Topliss-reactive ketones (excluding diaryl/α,β-unsaturated/α-hetero) is 1. The van der Waals surface area contributed by atoms with Gasteiger partial charge in [-0.2, -0.15) is 5.26 Å². The number of esters is 1. The fourth-order valence-electron chi connectivity index (χ4n) is 2.22. The fraction of sp³-hybridized carbons (Fsp3) is 0.200. The Bertz CT molecular complexity index is 808. The van der Waals surface area contributed by atoms with Crippen LogP contribution in [0.5, 0.6) is 0 Å². The zero-order valence-electron chi connectivity index (χ0n) is 14.1. The molecule has 2 rings (SSSR count). The van der Waals surface area contributed by atoms with Gasteiger partial charge in [-0.1, -0.05) is 30.3 Å². The number of anilines is 1. The molecule has 0 aliphatic rings. The molecule has 132 valence electrons. The van der Waals surface area contributed by atoms with Gasteiger partial charge in [-0.05, 0) is 30.7 Å². The highest BCUT2D eigenvalue weighted by Gasteiger charge is 2.09. The number of rotatable bonds is 8. The predicted molar refractivity (Wildman–Crippen MR) is 95.6 cm³/mol. The molecule has 2 aromatic rings. The summed E-state index contributed by atoms with van der Waals surface area (Å²) in [6, 6.07) is 16.9. The Hall–Kier alpha value is -3.46. The molecule has 0 saturated heterocycles. The molecule has 0 saturated carbocycles. The van der Waals surface area contributed by atoms with Crippen molar-refractivity contribution in [3.05, 3.63) is 65.7 Å². The number of nitrogens with zero attached hydrogens (tertiary/aromatic N) is 1. The molecule has 0 fully saturated rings. The number of amides is 1. The van der Waals surface area contributed by atoms with Crippen molar-refractivity contribution in [3.8, 4) is 6.07 Å². The number of ether oxygens (including phenoxy) is 1. The lowest BCUT2D eigenvalue weighted by Gasteiger charge is -2.06. The van der Waals surface area contributed by atoms with Gasteiger partial charge >= 0.3 is 5.97 Å². The largest absolute Gasteiger partial charge is 0.462 e. The number of ketones is 1. The minimum atomic E-state index is -0.493. The third-order valence-corrected chi connectivity index (χ3v) is 3.52. The van der Waals surface area contributed by atoms with Crippen LogP contribution in [0.25, 0.3) is 0 Å². The Balaban J connectivity index is 1.75. The number of carbonyl (C=O) groups excluding carboxylic acids is 3.